The summed E-state index contributed by atoms with van der Waals surface area (Å²) in [6.07, 6.45) is 5.87. The van der Waals surface area contributed by atoms with Crippen molar-refractivity contribution in [1.29, 1.82) is 0 Å². The Morgan fingerprint density at radius 2 is 2.29 bits per heavy atom. The maximum atomic E-state index is 12.0. The molecule has 1 amide bonds. The summed E-state index contributed by atoms with van der Waals surface area (Å²) in [4.78, 5) is 23.7. The third-order valence-corrected chi connectivity index (χ3v) is 4.95. The molecular formula is C14H19ClN6O2S. The monoisotopic (exact) mass is 370 g/mol. The Bertz CT molecular complexity index is 716. The van der Waals surface area contributed by atoms with E-state index in [0.717, 1.165) is 43.6 Å². The fourth-order valence-electron chi connectivity index (χ4n) is 2.83. The summed E-state index contributed by atoms with van der Waals surface area (Å²) in [5.41, 5.74) is 5.68. The van der Waals surface area contributed by atoms with Crippen LogP contribution in [0.5, 0.6) is 0 Å². The fraction of sp³-hybridized carbons (Fsp3) is 0.571. The highest BCUT2D eigenvalue weighted by atomic mass is 35.5. The number of rotatable bonds is 5. The van der Waals surface area contributed by atoms with Crippen LogP contribution in [-0.4, -0.2) is 38.5 Å². The lowest BCUT2D eigenvalue weighted by Crippen LogP contribution is -2.26. The summed E-state index contributed by atoms with van der Waals surface area (Å²) in [6.45, 7) is 1.71. The second kappa shape index (κ2) is 7.04. The molecule has 3 N–H and O–H groups in total. The number of thiazole rings is 1. The Kier molecular flexibility index (Phi) is 5.02. The number of hydrogen-bond acceptors (Lipinski definition) is 8. The zero-order valence-electron chi connectivity index (χ0n) is 13.0. The van der Waals surface area contributed by atoms with Crippen molar-refractivity contribution >= 4 is 34.8 Å². The number of likely N-dealkylation sites (tertiary alicyclic amines) is 1. The van der Waals surface area contributed by atoms with Gasteiger partial charge in [-0.25, -0.2) is 4.98 Å². The zero-order chi connectivity index (χ0) is 15.8. The predicted molar refractivity (Wildman–Crippen MR) is 90.9 cm³/mol. The normalized spacial score (nSPS) is 20.8. The molecule has 1 unspecified atom stereocenters. The minimum Gasteiger partial charge on any atom is -0.375 e. The van der Waals surface area contributed by atoms with Gasteiger partial charge in [0.05, 0.1) is 6.04 Å². The summed E-state index contributed by atoms with van der Waals surface area (Å²) in [5.74, 6) is 0.393. The molecule has 1 aliphatic heterocycles. The smallest absolute Gasteiger partial charge is 0.292 e. The van der Waals surface area contributed by atoms with E-state index >= 15 is 0 Å². The highest BCUT2D eigenvalue weighted by Gasteiger charge is 2.32. The van der Waals surface area contributed by atoms with Gasteiger partial charge in [0.2, 0.25) is 5.89 Å². The maximum Gasteiger partial charge on any atom is 0.292 e. The van der Waals surface area contributed by atoms with Crippen molar-refractivity contribution in [2.75, 3.05) is 12.3 Å². The molecule has 1 atom stereocenters. The number of nitrogens with one attached hydrogen (secondary N) is 1. The summed E-state index contributed by atoms with van der Waals surface area (Å²) >= 11 is 1.49. The minimum atomic E-state index is -0.248. The van der Waals surface area contributed by atoms with Crippen LogP contribution < -0.4 is 11.1 Å². The molecule has 0 radical (unpaired) electrons. The molecule has 3 heterocycles. The van der Waals surface area contributed by atoms with Crippen LogP contribution in [0.2, 0.25) is 0 Å². The first-order valence-electron chi connectivity index (χ1n) is 7.78. The lowest BCUT2D eigenvalue weighted by atomic mass is 10.2. The van der Waals surface area contributed by atoms with Crippen molar-refractivity contribution in [2.45, 2.75) is 44.3 Å². The number of hydrogen-bond donors (Lipinski definition) is 2. The van der Waals surface area contributed by atoms with Gasteiger partial charge in [0.1, 0.15) is 0 Å². The number of carbonyl (C=O) groups excluding carboxylic acids is 1. The first kappa shape index (κ1) is 17.1. The molecule has 1 saturated heterocycles. The van der Waals surface area contributed by atoms with Gasteiger partial charge in [-0.1, -0.05) is 5.16 Å². The third-order valence-electron chi connectivity index (χ3n) is 4.14. The van der Waals surface area contributed by atoms with Gasteiger partial charge >= 0.3 is 0 Å². The van der Waals surface area contributed by atoms with Crippen molar-refractivity contribution in [3.8, 4) is 0 Å². The van der Waals surface area contributed by atoms with Crippen molar-refractivity contribution in [2.24, 2.45) is 0 Å². The number of anilines is 1. The molecule has 8 nitrogen and oxygen atoms in total. The van der Waals surface area contributed by atoms with E-state index in [1.54, 1.807) is 6.20 Å². The Balaban J connectivity index is 0.00000169. The number of nitrogens with zero attached hydrogens (tertiary/aromatic N) is 4. The average Bonchev–Trinajstić information content (AvgIpc) is 2.96. The quantitative estimate of drug-likeness (QED) is 0.824. The van der Waals surface area contributed by atoms with Gasteiger partial charge in [-0.15, -0.1) is 23.7 Å². The van der Waals surface area contributed by atoms with Gasteiger partial charge in [0, 0.05) is 23.7 Å². The zero-order valence-corrected chi connectivity index (χ0v) is 14.6. The average molecular weight is 371 g/mol. The summed E-state index contributed by atoms with van der Waals surface area (Å²) in [7, 11) is 0. The lowest BCUT2D eigenvalue weighted by Gasteiger charge is -2.20. The minimum absolute atomic E-state index is 0. The SMILES string of the molecule is Cl.Nc1ncc(CN2CCCC2c2nc(C(=O)NC3CC3)no2)s1. The van der Waals surface area contributed by atoms with Gasteiger partial charge in [-0.05, 0) is 32.2 Å². The molecule has 4 rings (SSSR count). The van der Waals surface area contributed by atoms with Crippen LogP contribution in [0, 0.1) is 0 Å². The number of nitrogens with two attached hydrogens (primary N) is 1. The molecule has 10 heteroatoms. The Hall–Kier alpha value is -1.71. The number of halogens is 1. The summed E-state index contributed by atoms with van der Waals surface area (Å²) < 4.78 is 5.34. The van der Waals surface area contributed by atoms with E-state index in [-0.39, 0.29) is 36.2 Å². The molecule has 0 aromatic carbocycles. The van der Waals surface area contributed by atoms with Crippen molar-refractivity contribution in [1.82, 2.24) is 25.3 Å². The number of nitrogen functional groups attached to an aromatic ring is 1. The van der Waals surface area contributed by atoms with E-state index in [2.05, 4.69) is 25.3 Å². The molecule has 1 saturated carbocycles. The molecule has 1 aliphatic carbocycles. The maximum absolute atomic E-state index is 12.0. The van der Waals surface area contributed by atoms with Gasteiger partial charge in [-0.2, -0.15) is 4.98 Å². The largest absolute Gasteiger partial charge is 0.375 e. The van der Waals surface area contributed by atoms with Crippen LogP contribution in [0.3, 0.4) is 0 Å². The number of amides is 1. The third kappa shape index (κ3) is 3.68. The second-order valence-electron chi connectivity index (χ2n) is 6.00. The number of carbonyl (C=O) groups is 1. The summed E-state index contributed by atoms with van der Waals surface area (Å²) in [6, 6.07) is 0.331. The van der Waals surface area contributed by atoms with E-state index in [0.29, 0.717) is 11.0 Å². The Labute approximate surface area is 149 Å². The highest BCUT2D eigenvalue weighted by molar-refractivity contribution is 7.15. The van der Waals surface area contributed by atoms with E-state index in [1.807, 2.05) is 0 Å². The van der Waals surface area contributed by atoms with E-state index < -0.39 is 0 Å². The van der Waals surface area contributed by atoms with E-state index in [1.165, 1.54) is 11.3 Å². The first-order valence-corrected chi connectivity index (χ1v) is 8.59. The van der Waals surface area contributed by atoms with Crippen molar-refractivity contribution < 1.29 is 9.32 Å². The van der Waals surface area contributed by atoms with Gasteiger partial charge in [-0.3, -0.25) is 9.69 Å². The molecule has 0 bridgehead atoms. The van der Waals surface area contributed by atoms with Crippen LogP contribution in [0.4, 0.5) is 5.13 Å². The first-order chi connectivity index (χ1) is 11.2. The highest BCUT2D eigenvalue weighted by Crippen LogP contribution is 2.33. The number of aromatic nitrogens is 3. The van der Waals surface area contributed by atoms with Gasteiger partial charge in [0.15, 0.2) is 5.13 Å². The second-order valence-corrected chi connectivity index (χ2v) is 7.14. The van der Waals surface area contributed by atoms with E-state index in [4.69, 9.17) is 10.3 Å². The Morgan fingerprint density at radius 3 is 3.00 bits per heavy atom. The molecule has 0 spiro atoms. The van der Waals surface area contributed by atoms with Crippen molar-refractivity contribution in [3.05, 3.63) is 22.8 Å². The van der Waals surface area contributed by atoms with Crippen molar-refractivity contribution in [3.63, 3.8) is 0 Å². The molecule has 2 fully saturated rings. The fourth-order valence-corrected chi connectivity index (χ4v) is 3.54. The summed E-state index contributed by atoms with van der Waals surface area (Å²) in [5, 5.41) is 7.28. The van der Waals surface area contributed by atoms with Crippen LogP contribution >= 0.6 is 23.7 Å². The van der Waals surface area contributed by atoms with E-state index in [9.17, 15) is 4.79 Å². The molecule has 2 aromatic heterocycles. The van der Waals surface area contributed by atoms with Crippen LogP contribution in [-0.2, 0) is 6.54 Å². The molecule has 130 valence electrons. The molecule has 2 aliphatic rings. The van der Waals surface area contributed by atoms with Crippen LogP contribution in [0.1, 0.15) is 53.1 Å². The lowest BCUT2D eigenvalue weighted by molar-refractivity contribution is 0.0937. The predicted octanol–water partition coefficient (Wildman–Crippen LogP) is 1.76. The van der Waals surface area contributed by atoms with Gasteiger partial charge < -0.3 is 15.6 Å². The molecular weight excluding hydrogens is 352 g/mol. The van der Waals surface area contributed by atoms with Gasteiger partial charge in [0.25, 0.3) is 11.7 Å². The standard InChI is InChI=1S/C14H18N6O2S.ClH/c15-14-16-6-9(23-14)7-20-5-1-2-10(20)13-18-11(19-22-13)12(21)17-8-3-4-8;/h6,8,10H,1-5,7H2,(H2,15,16)(H,17,21);1H. The molecule has 2 aromatic rings. The molecule has 24 heavy (non-hydrogen) atoms. The van der Waals surface area contributed by atoms with Crippen LogP contribution in [0.15, 0.2) is 10.7 Å². The Morgan fingerprint density at radius 1 is 1.46 bits per heavy atom. The van der Waals surface area contributed by atoms with Crippen LogP contribution in [0.25, 0.3) is 0 Å². The topological polar surface area (TPSA) is 110 Å².